The van der Waals surface area contributed by atoms with Gasteiger partial charge in [-0.2, -0.15) is 0 Å². The molecule has 0 N–H and O–H groups in total. The SMILES string of the molecule is C=CSSC. The Labute approximate surface area is 40.4 Å². The van der Waals surface area contributed by atoms with Crippen LogP contribution in [0.4, 0.5) is 0 Å². The van der Waals surface area contributed by atoms with Gasteiger partial charge in [-0.1, -0.05) is 28.2 Å². The van der Waals surface area contributed by atoms with Crippen molar-refractivity contribution in [2.45, 2.75) is 0 Å². The van der Waals surface area contributed by atoms with E-state index in [2.05, 4.69) is 6.58 Å². The van der Waals surface area contributed by atoms with Crippen LogP contribution in [0.15, 0.2) is 12.0 Å². The molecule has 0 aliphatic carbocycles. The summed E-state index contributed by atoms with van der Waals surface area (Å²) in [6.45, 7) is 3.49. The van der Waals surface area contributed by atoms with Crippen molar-refractivity contribution < 1.29 is 0 Å². The molecule has 30 valence electrons. The number of hydrogen-bond donors (Lipinski definition) is 0. The fourth-order valence-electron chi connectivity index (χ4n) is 0.0680. The molecule has 2 heteroatoms. The summed E-state index contributed by atoms with van der Waals surface area (Å²) in [5.41, 5.74) is 0. The summed E-state index contributed by atoms with van der Waals surface area (Å²) in [4.78, 5) is 0. The van der Waals surface area contributed by atoms with Crippen LogP contribution in [0.2, 0.25) is 0 Å². The second kappa shape index (κ2) is 4.44. The summed E-state index contributed by atoms with van der Waals surface area (Å²) in [6, 6.07) is 0. The van der Waals surface area contributed by atoms with E-state index in [1.54, 1.807) is 21.6 Å². The van der Waals surface area contributed by atoms with Gasteiger partial charge in [-0.3, -0.25) is 0 Å². The molecular weight excluding hydrogens is 100 g/mol. The first-order valence-electron chi connectivity index (χ1n) is 1.22. The summed E-state index contributed by atoms with van der Waals surface area (Å²) < 4.78 is 0. The van der Waals surface area contributed by atoms with E-state index in [9.17, 15) is 0 Å². The maximum atomic E-state index is 3.49. The van der Waals surface area contributed by atoms with E-state index in [1.165, 1.54) is 0 Å². The van der Waals surface area contributed by atoms with E-state index in [4.69, 9.17) is 0 Å². The molecule has 0 amide bonds. The third kappa shape index (κ3) is 4.44. The zero-order chi connectivity index (χ0) is 4.12. The first-order chi connectivity index (χ1) is 2.41. The fraction of sp³-hybridized carbons (Fsp3) is 0.333. The molecule has 0 atom stereocenters. The van der Waals surface area contributed by atoms with Crippen molar-refractivity contribution >= 4 is 21.6 Å². The molecule has 0 bridgehead atoms. The Morgan fingerprint density at radius 1 is 1.80 bits per heavy atom. The number of rotatable bonds is 2. The molecule has 0 saturated heterocycles. The van der Waals surface area contributed by atoms with Gasteiger partial charge in [-0.15, -0.1) is 0 Å². The van der Waals surface area contributed by atoms with Gasteiger partial charge in [0.1, 0.15) is 0 Å². The summed E-state index contributed by atoms with van der Waals surface area (Å²) in [5.74, 6) is 0. The summed E-state index contributed by atoms with van der Waals surface area (Å²) >= 11 is 0. The van der Waals surface area contributed by atoms with Crippen molar-refractivity contribution in [3.8, 4) is 0 Å². The molecule has 0 nitrogen and oxygen atoms in total. The van der Waals surface area contributed by atoms with Crippen LogP contribution < -0.4 is 0 Å². The minimum atomic E-state index is 1.64. The largest absolute Gasteiger partial charge is 0.0930 e. The summed E-state index contributed by atoms with van der Waals surface area (Å²) in [5, 5.41) is 1.81. The molecule has 0 heterocycles. The molecule has 0 aliphatic rings. The van der Waals surface area contributed by atoms with Crippen LogP contribution >= 0.6 is 21.6 Å². The molecule has 0 unspecified atom stereocenters. The first kappa shape index (κ1) is 5.44. The van der Waals surface area contributed by atoms with Gasteiger partial charge in [0, 0.05) is 0 Å². The Kier molecular flexibility index (Phi) is 4.83. The predicted molar refractivity (Wildman–Crippen MR) is 31.3 cm³/mol. The maximum absolute atomic E-state index is 3.49. The lowest BCUT2D eigenvalue weighted by Crippen LogP contribution is -1.28. The van der Waals surface area contributed by atoms with Crippen molar-refractivity contribution in [3.05, 3.63) is 12.0 Å². The molecule has 0 spiro atoms. The Morgan fingerprint density at radius 3 is 2.40 bits per heavy atom. The van der Waals surface area contributed by atoms with Crippen molar-refractivity contribution in [1.82, 2.24) is 0 Å². The van der Waals surface area contributed by atoms with Gasteiger partial charge < -0.3 is 0 Å². The molecule has 0 saturated carbocycles. The van der Waals surface area contributed by atoms with Gasteiger partial charge in [-0.25, -0.2) is 0 Å². The smallest absolute Gasteiger partial charge is 0.00759 e. The van der Waals surface area contributed by atoms with E-state index in [0.717, 1.165) is 0 Å². The van der Waals surface area contributed by atoms with E-state index in [0.29, 0.717) is 0 Å². The predicted octanol–water partition coefficient (Wildman–Crippen LogP) is 2.14. The minimum absolute atomic E-state index is 1.64. The van der Waals surface area contributed by atoms with Crippen LogP contribution in [0, 0.1) is 0 Å². The normalized spacial score (nSPS) is 7.40. The maximum Gasteiger partial charge on any atom is -0.00759 e. The van der Waals surface area contributed by atoms with Gasteiger partial charge in [0.25, 0.3) is 0 Å². The third-order valence-electron chi connectivity index (χ3n) is 0.164. The van der Waals surface area contributed by atoms with Crippen LogP contribution in [0.25, 0.3) is 0 Å². The highest BCUT2D eigenvalue weighted by atomic mass is 33.1. The molecule has 0 aliphatic heterocycles. The average Bonchev–Trinajstić information content (AvgIpc) is 1.41. The fourth-order valence-corrected chi connectivity index (χ4v) is 0.612. The lowest BCUT2D eigenvalue weighted by atomic mass is 11.3. The lowest BCUT2D eigenvalue weighted by molar-refractivity contribution is 2.54. The van der Waals surface area contributed by atoms with Crippen molar-refractivity contribution in [3.63, 3.8) is 0 Å². The van der Waals surface area contributed by atoms with Crippen molar-refractivity contribution in [2.24, 2.45) is 0 Å². The second-order valence-electron chi connectivity index (χ2n) is 0.430. The lowest BCUT2D eigenvalue weighted by Gasteiger charge is -1.73. The Hall–Kier alpha value is 0.440. The minimum Gasteiger partial charge on any atom is -0.0930 e. The van der Waals surface area contributed by atoms with Gasteiger partial charge in [0.2, 0.25) is 0 Å². The van der Waals surface area contributed by atoms with Crippen molar-refractivity contribution in [1.29, 1.82) is 0 Å². The monoisotopic (exact) mass is 106 g/mol. The van der Waals surface area contributed by atoms with E-state index in [-0.39, 0.29) is 0 Å². The highest BCUT2D eigenvalue weighted by Gasteiger charge is 1.61. The van der Waals surface area contributed by atoms with E-state index >= 15 is 0 Å². The Morgan fingerprint density at radius 2 is 2.40 bits per heavy atom. The molecule has 0 aromatic rings. The zero-order valence-electron chi connectivity index (χ0n) is 3.10. The molecule has 0 aromatic carbocycles. The molecular formula is C3H6S2. The first-order valence-corrected chi connectivity index (χ1v) is 3.84. The standard InChI is InChI=1S/C3H6S2/c1-3-5-4-2/h3H,1H2,2H3. The van der Waals surface area contributed by atoms with Gasteiger partial charge >= 0.3 is 0 Å². The average molecular weight is 106 g/mol. The van der Waals surface area contributed by atoms with Crippen LogP contribution in [0.1, 0.15) is 0 Å². The van der Waals surface area contributed by atoms with Gasteiger partial charge in [-0.05, 0) is 11.7 Å². The molecule has 0 fully saturated rings. The van der Waals surface area contributed by atoms with Crippen LogP contribution in [-0.2, 0) is 0 Å². The molecule has 0 radical (unpaired) electrons. The molecule has 5 heavy (non-hydrogen) atoms. The number of hydrogen-bond acceptors (Lipinski definition) is 2. The molecule has 0 aromatic heterocycles. The van der Waals surface area contributed by atoms with Crippen LogP contribution in [-0.4, -0.2) is 6.26 Å². The van der Waals surface area contributed by atoms with E-state index < -0.39 is 0 Å². The zero-order valence-corrected chi connectivity index (χ0v) is 4.73. The van der Waals surface area contributed by atoms with Gasteiger partial charge in [0.15, 0.2) is 0 Å². The Balaban J connectivity index is 2.40. The quantitative estimate of drug-likeness (QED) is 0.495. The van der Waals surface area contributed by atoms with E-state index in [1.807, 2.05) is 11.7 Å². The highest BCUT2D eigenvalue weighted by Crippen LogP contribution is 2.15. The molecule has 0 rings (SSSR count). The van der Waals surface area contributed by atoms with Gasteiger partial charge in [0.05, 0.1) is 0 Å². The topological polar surface area (TPSA) is 0 Å². The van der Waals surface area contributed by atoms with Crippen LogP contribution in [0.3, 0.4) is 0 Å². The Bertz CT molecular complexity index is 26.1. The highest BCUT2D eigenvalue weighted by molar-refractivity contribution is 8.77. The third-order valence-corrected chi connectivity index (χ3v) is 1.48. The van der Waals surface area contributed by atoms with Crippen molar-refractivity contribution in [2.75, 3.05) is 6.26 Å². The second-order valence-corrected chi connectivity index (χ2v) is 2.87. The summed E-state index contributed by atoms with van der Waals surface area (Å²) in [6.07, 6.45) is 2.02. The van der Waals surface area contributed by atoms with Crippen LogP contribution in [0.5, 0.6) is 0 Å². The summed E-state index contributed by atoms with van der Waals surface area (Å²) in [7, 11) is 3.34.